The van der Waals surface area contributed by atoms with Gasteiger partial charge in [0.2, 0.25) is 5.28 Å². The number of alkyl halides is 3. The van der Waals surface area contributed by atoms with Crippen LogP contribution in [0.1, 0.15) is 16.4 Å². The number of halogens is 4. The lowest BCUT2D eigenvalue weighted by Gasteiger charge is -2.27. The fourth-order valence-corrected chi connectivity index (χ4v) is 3.97. The molecular formula is C15H13ClF3N3S. The number of nitrogens with one attached hydrogen (secondary N) is 1. The van der Waals surface area contributed by atoms with E-state index in [1.807, 2.05) is 6.92 Å². The van der Waals surface area contributed by atoms with Gasteiger partial charge in [-0.1, -0.05) is 18.2 Å². The van der Waals surface area contributed by atoms with E-state index in [9.17, 15) is 13.2 Å². The minimum Gasteiger partial charge on any atom is -0.313 e. The highest BCUT2D eigenvalue weighted by Crippen LogP contribution is 2.40. The van der Waals surface area contributed by atoms with Crippen molar-refractivity contribution in [2.75, 3.05) is 7.05 Å². The lowest BCUT2D eigenvalue weighted by Crippen LogP contribution is -2.33. The summed E-state index contributed by atoms with van der Waals surface area (Å²) in [5, 5.41) is 3.08. The van der Waals surface area contributed by atoms with Crippen LogP contribution in [-0.2, 0) is 0 Å². The summed E-state index contributed by atoms with van der Waals surface area (Å²) < 4.78 is 39.6. The van der Waals surface area contributed by atoms with Gasteiger partial charge in [-0.15, -0.1) is 11.3 Å². The summed E-state index contributed by atoms with van der Waals surface area (Å²) in [4.78, 5) is 9.22. The van der Waals surface area contributed by atoms with Crippen molar-refractivity contribution in [2.45, 2.75) is 25.1 Å². The molecule has 0 aliphatic heterocycles. The van der Waals surface area contributed by atoms with Gasteiger partial charge in [0.05, 0.1) is 15.8 Å². The number of aromatic nitrogens is 2. The lowest BCUT2D eigenvalue weighted by atomic mass is 9.85. The Kier molecular flexibility index (Phi) is 4.20. The molecule has 0 spiro atoms. The Morgan fingerprint density at radius 3 is 2.74 bits per heavy atom. The number of hydrogen-bond acceptors (Lipinski definition) is 4. The Morgan fingerprint density at radius 1 is 1.35 bits per heavy atom. The summed E-state index contributed by atoms with van der Waals surface area (Å²) >= 11 is 7.39. The summed E-state index contributed by atoms with van der Waals surface area (Å²) in [5.41, 5.74) is 0.951. The van der Waals surface area contributed by atoms with Crippen LogP contribution in [0.25, 0.3) is 10.2 Å². The van der Waals surface area contributed by atoms with Gasteiger partial charge in [-0.25, -0.2) is 9.97 Å². The van der Waals surface area contributed by atoms with Gasteiger partial charge in [0, 0.05) is 28.6 Å². The molecule has 0 saturated carbocycles. The number of hydrogen-bond donors (Lipinski definition) is 1. The van der Waals surface area contributed by atoms with Gasteiger partial charge in [0.15, 0.2) is 0 Å². The maximum Gasteiger partial charge on any atom is 0.416 e. The molecule has 122 valence electrons. The molecule has 0 amide bonds. The van der Waals surface area contributed by atoms with Crippen molar-refractivity contribution in [3.63, 3.8) is 0 Å². The van der Waals surface area contributed by atoms with Crippen LogP contribution >= 0.6 is 22.9 Å². The Balaban J connectivity index is 2.09. The molecule has 23 heavy (non-hydrogen) atoms. The molecule has 2 aromatic rings. The molecule has 2 aromatic heterocycles. The molecule has 1 aliphatic carbocycles. The van der Waals surface area contributed by atoms with Gasteiger partial charge in [-0.05, 0) is 25.6 Å². The first-order valence-corrected chi connectivity index (χ1v) is 8.06. The van der Waals surface area contributed by atoms with E-state index in [1.165, 1.54) is 17.4 Å². The second-order valence-corrected chi connectivity index (χ2v) is 6.84. The average Bonchev–Trinajstić information content (AvgIpc) is 2.80. The quantitative estimate of drug-likeness (QED) is 0.808. The van der Waals surface area contributed by atoms with Crippen molar-refractivity contribution < 1.29 is 13.2 Å². The molecular weight excluding hydrogens is 347 g/mol. The van der Waals surface area contributed by atoms with E-state index in [4.69, 9.17) is 11.6 Å². The highest BCUT2D eigenvalue weighted by molar-refractivity contribution is 7.19. The third kappa shape index (κ3) is 3.00. The standard InChI is InChI=1S/C15H13ClF3N3S/c1-7-12(13-11(23-7)6-21-14(16)22-13)9-4-3-8(15(17,18)19)5-10(9)20-2/h3-6,9-10,20H,1-2H3. The largest absolute Gasteiger partial charge is 0.416 e. The minimum absolute atomic E-state index is 0.129. The molecule has 0 aromatic carbocycles. The van der Waals surface area contributed by atoms with Crippen LogP contribution in [0, 0.1) is 6.92 Å². The fourth-order valence-electron chi connectivity index (χ4n) is 2.80. The summed E-state index contributed by atoms with van der Waals surface area (Å²) in [7, 11) is 1.65. The molecule has 0 saturated heterocycles. The maximum atomic E-state index is 12.9. The fraction of sp³-hybridized carbons (Fsp3) is 0.333. The van der Waals surface area contributed by atoms with Crippen molar-refractivity contribution in [3.8, 4) is 0 Å². The Labute approximate surface area is 139 Å². The Hall–Kier alpha value is -1.44. The molecule has 2 heterocycles. The number of thiophene rings is 1. The predicted octanol–water partition coefficient (Wildman–Crippen LogP) is 4.38. The number of aryl methyl sites for hydroxylation is 1. The van der Waals surface area contributed by atoms with Crippen molar-refractivity contribution in [1.29, 1.82) is 0 Å². The number of rotatable bonds is 2. The van der Waals surface area contributed by atoms with Crippen LogP contribution in [0.15, 0.2) is 30.0 Å². The molecule has 2 unspecified atom stereocenters. The first-order valence-electron chi connectivity index (χ1n) is 6.87. The smallest absolute Gasteiger partial charge is 0.313 e. The SMILES string of the molecule is CNC1C=C(C(F)(F)F)C=CC1c1c(C)sc2cnc(Cl)nc12. The molecule has 3 nitrogen and oxygen atoms in total. The zero-order valence-corrected chi connectivity index (χ0v) is 13.9. The van der Waals surface area contributed by atoms with Gasteiger partial charge in [-0.2, -0.15) is 13.2 Å². The van der Waals surface area contributed by atoms with Crippen LogP contribution in [0.2, 0.25) is 5.28 Å². The molecule has 1 aliphatic rings. The van der Waals surface area contributed by atoms with Gasteiger partial charge >= 0.3 is 6.18 Å². The highest BCUT2D eigenvalue weighted by atomic mass is 35.5. The van der Waals surface area contributed by atoms with Crippen molar-refractivity contribution >= 4 is 33.2 Å². The van der Waals surface area contributed by atoms with E-state index < -0.39 is 17.8 Å². The number of fused-ring (bicyclic) bond motifs is 1. The van der Waals surface area contributed by atoms with E-state index in [2.05, 4.69) is 15.3 Å². The molecule has 1 N–H and O–H groups in total. The number of likely N-dealkylation sites (N-methyl/N-ethyl adjacent to an activating group) is 1. The maximum absolute atomic E-state index is 12.9. The van der Waals surface area contributed by atoms with E-state index >= 15 is 0 Å². The highest BCUT2D eigenvalue weighted by Gasteiger charge is 2.36. The predicted molar refractivity (Wildman–Crippen MR) is 86.0 cm³/mol. The van der Waals surface area contributed by atoms with Gasteiger partial charge in [0.25, 0.3) is 0 Å². The van der Waals surface area contributed by atoms with Gasteiger partial charge in [-0.3, -0.25) is 0 Å². The van der Waals surface area contributed by atoms with Gasteiger partial charge < -0.3 is 5.32 Å². The number of nitrogens with zero attached hydrogens (tertiary/aromatic N) is 2. The summed E-state index contributed by atoms with van der Waals surface area (Å²) in [6, 6.07) is -0.470. The first kappa shape index (κ1) is 16.4. The average molecular weight is 360 g/mol. The lowest BCUT2D eigenvalue weighted by molar-refractivity contribution is -0.0888. The molecule has 2 atom stereocenters. The normalized spacial score (nSPS) is 21.7. The van der Waals surface area contributed by atoms with Crippen LogP contribution in [0.3, 0.4) is 0 Å². The van der Waals surface area contributed by atoms with Crippen molar-refractivity contribution in [3.05, 3.63) is 45.7 Å². The molecule has 0 fully saturated rings. The zero-order chi connectivity index (χ0) is 16.8. The second-order valence-electron chi connectivity index (χ2n) is 5.24. The summed E-state index contributed by atoms with van der Waals surface area (Å²) in [6.45, 7) is 1.93. The minimum atomic E-state index is -4.35. The van der Waals surface area contributed by atoms with Crippen LogP contribution in [-0.4, -0.2) is 29.2 Å². The van der Waals surface area contributed by atoms with E-state index in [0.29, 0.717) is 5.52 Å². The topological polar surface area (TPSA) is 37.8 Å². The Bertz CT molecular complexity index is 810. The molecule has 8 heteroatoms. The summed E-state index contributed by atoms with van der Waals surface area (Å²) in [5.74, 6) is -0.245. The van der Waals surface area contributed by atoms with Crippen LogP contribution < -0.4 is 5.32 Å². The van der Waals surface area contributed by atoms with Gasteiger partial charge in [0.1, 0.15) is 0 Å². The first-order chi connectivity index (χ1) is 10.8. The van der Waals surface area contributed by atoms with E-state index in [1.54, 1.807) is 19.3 Å². The molecule has 0 bridgehead atoms. The van der Waals surface area contributed by atoms with Crippen molar-refractivity contribution in [2.24, 2.45) is 0 Å². The number of allylic oxidation sites excluding steroid dienone is 2. The monoisotopic (exact) mass is 359 g/mol. The molecule has 0 radical (unpaired) electrons. The zero-order valence-electron chi connectivity index (χ0n) is 12.3. The van der Waals surface area contributed by atoms with Crippen LogP contribution in [0.4, 0.5) is 13.2 Å². The van der Waals surface area contributed by atoms with Crippen molar-refractivity contribution in [1.82, 2.24) is 15.3 Å². The third-order valence-electron chi connectivity index (χ3n) is 3.85. The third-order valence-corrected chi connectivity index (χ3v) is 5.07. The summed E-state index contributed by atoms with van der Waals surface area (Å²) in [6.07, 6.45) is 1.21. The van der Waals surface area contributed by atoms with Crippen LogP contribution in [0.5, 0.6) is 0 Å². The van der Waals surface area contributed by atoms with E-state index in [0.717, 1.165) is 21.2 Å². The second kappa shape index (κ2) is 5.89. The van der Waals surface area contributed by atoms with E-state index in [-0.39, 0.29) is 11.2 Å². The molecule has 3 rings (SSSR count). The Morgan fingerprint density at radius 2 is 2.09 bits per heavy atom.